The van der Waals surface area contributed by atoms with Crippen LogP contribution < -0.4 is 10.7 Å². The van der Waals surface area contributed by atoms with E-state index in [9.17, 15) is 4.79 Å². The molecule has 0 radical (unpaired) electrons. The first-order valence-electron chi connectivity index (χ1n) is 5.60. The molecule has 0 aliphatic rings. The number of thiocarbonyl (C=S) groups is 1. The number of esters is 1. The first kappa shape index (κ1) is 17.0. The van der Waals surface area contributed by atoms with Gasteiger partial charge >= 0.3 is 5.97 Å². The quantitative estimate of drug-likeness (QED) is 0.188. The lowest BCUT2D eigenvalue weighted by atomic mass is 10.5. The Morgan fingerprint density at radius 1 is 1.60 bits per heavy atom. The maximum atomic E-state index is 10.5. The highest BCUT2D eigenvalue weighted by Gasteiger charge is 1.96. The number of hydrogen-bond donors (Lipinski definition) is 2. The fourth-order valence-corrected chi connectivity index (χ4v) is 2.44. The van der Waals surface area contributed by atoms with Gasteiger partial charge in [0.25, 0.3) is 0 Å². The van der Waals surface area contributed by atoms with E-state index in [-0.39, 0.29) is 19.3 Å². The van der Waals surface area contributed by atoms with Crippen LogP contribution in [0.1, 0.15) is 11.8 Å². The molecule has 0 aliphatic heterocycles. The zero-order valence-electron chi connectivity index (χ0n) is 10.7. The van der Waals surface area contributed by atoms with Crippen LogP contribution >= 0.6 is 39.5 Å². The van der Waals surface area contributed by atoms with Crippen molar-refractivity contribution in [1.82, 2.24) is 10.7 Å². The van der Waals surface area contributed by atoms with Crippen molar-refractivity contribution in [2.24, 2.45) is 5.10 Å². The van der Waals surface area contributed by atoms with E-state index in [2.05, 4.69) is 31.8 Å². The number of nitrogens with one attached hydrogen (secondary N) is 2. The van der Waals surface area contributed by atoms with Crippen molar-refractivity contribution < 1.29 is 14.3 Å². The fourth-order valence-electron chi connectivity index (χ4n) is 1.02. The van der Waals surface area contributed by atoms with Crippen molar-refractivity contribution in [1.29, 1.82) is 0 Å². The van der Waals surface area contributed by atoms with Gasteiger partial charge in [0.2, 0.25) is 0 Å². The molecule has 1 aromatic rings. The van der Waals surface area contributed by atoms with Crippen LogP contribution in [0.15, 0.2) is 21.0 Å². The van der Waals surface area contributed by atoms with Gasteiger partial charge in [-0.3, -0.25) is 10.2 Å². The Morgan fingerprint density at radius 3 is 3.05 bits per heavy atom. The topological polar surface area (TPSA) is 72.0 Å². The van der Waals surface area contributed by atoms with Crippen LogP contribution in [-0.4, -0.2) is 37.2 Å². The summed E-state index contributed by atoms with van der Waals surface area (Å²) in [6.07, 6.45) is 1.67. The van der Waals surface area contributed by atoms with Crippen LogP contribution in [0.5, 0.6) is 0 Å². The van der Waals surface area contributed by atoms with Crippen LogP contribution in [0.25, 0.3) is 0 Å². The third-order valence-corrected chi connectivity index (χ3v) is 3.68. The van der Waals surface area contributed by atoms with Crippen molar-refractivity contribution in [3.05, 3.63) is 20.8 Å². The van der Waals surface area contributed by atoms with Gasteiger partial charge in [-0.25, -0.2) is 0 Å². The first-order valence-corrected chi connectivity index (χ1v) is 7.68. The minimum atomic E-state index is -0.326. The van der Waals surface area contributed by atoms with E-state index < -0.39 is 0 Å². The molecule has 0 saturated heterocycles. The Kier molecular flexibility index (Phi) is 8.35. The number of halogens is 1. The standard InChI is InChI=1S/C11H14BrN3O3S2/c1-8(16)18-3-2-17-7-13-11(19)15-14-5-10-4-9(12)6-20-10/h4-6H,2-3,7H2,1H3,(H2,13,15,19)/b14-5+. The molecule has 0 aliphatic carbocycles. The molecule has 0 atom stereocenters. The Balaban J connectivity index is 2.06. The lowest BCUT2D eigenvalue weighted by molar-refractivity contribution is -0.142. The number of hydrogen-bond acceptors (Lipinski definition) is 6. The minimum Gasteiger partial charge on any atom is -0.463 e. The average molecular weight is 380 g/mol. The van der Waals surface area contributed by atoms with Crippen molar-refractivity contribution >= 4 is 56.8 Å². The zero-order chi connectivity index (χ0) is 14.8. The summed E-state index contributed by atoms with van der Waals surface area (Å²) in [5, 5.41) is 9.10. The minimum absolute atomic E-state index is 0.215. The number of nitrogens with zero attached hydrogens (tertiary/aromatic N) is 1. The van der Waals surface area contributed by atoms with Gasteiger partial charge in [-0.05, 0) is 34.2 Å². The molecule has 1 rings (SSSR count). The summed E-state index contributed by atoms with van der Waals surface area (Å²) in [6, 6.07) is 1.95. The largest absolute Gasteiger partial charge is 0.463 e. The van der Waals surface area contributed by atoms with Gasteiger partial charge in [0, 0.05) is 21.7 Å². The van der Waals surface area contributed by atoms with Gasteiger partial charge in [0.05, 0.1) is 12.8 Å². The highest BCUT2D eigenvalue weighted by atomic mass is 79.9. The lowest BCUT2D eigenvalue weighted by Crippen LogP contribution is -2.34. The highest BCUT2D eigenvalue weighted by Crippen LogP contribution is 2.17. The summed E-state index contributed by atoms with van der Waals surface area (Å²) < 4.78 is 10.9. The molecule has 6 nitrogen and oxygen atoms in total. The van der Waals surface area contributed by atoms with Crippen molar-refractivity contribution in [2.75, 3.05) is 19.9 Å². The van der Waals surface area contributed by atoms with Crippen molar-refractivity contribution in [2.45, 2.75) is 6.92 Å². The predicted octanol–water partition coefficient (Wildman–Crippen LogP) is 1.85. The van der Waals surface area contributed by atoms with Crippen LogP contribution in [0.3, 0.4) is 0 Å². The van der Waals surface area contributed by atoms with E-state index in [1.54, 1.807) is 17.6 Å². The third kappa shape index (κ3) is 8.20. The van der Waals surface area contributed by atoms with Crippen LogP contribution in [0.2, 0.25) is 0 Å². The molecule has 9 heteroatoms. The highest BCUT2D eigenvalue weighted by molar-refractivity contribution is 9.10. The van der Waals surface area contributed by atoms with E-state index in [0.29, 0.717) is 11.7 Å². The van der Waals surface area contributed by atoms with E-state index in [1.165, 1.54) is 6.92 Å². The molecule has 20 heavy (non-hydrogen) atoms. The summed E-state index contributed by atoms with van der Waals surface area (Å²) in [5.41, 5.74) is 2.67. The van der Waals surface area contributed by atoms with E-state index in [0.717, 1.165) is 9.35 Å². The van der Waals surface area contributed by atoms with Crippen molar-refractivity contribution in [3.63, 3.8) is 0 Å². The van der Waals surface area contributed by atoms with Gasteiger partial charge in [-0.2, -0.15) is 5.10 Å². The van der Waals surface area contributed by atoms with Gasteiger partial charge in [-0.15, -0.1) is 11.3 Å². The molecular weight excluding hydrogens is 366 g/mol. The zero-order valence-corrected chi connectivity index (χ0v) is 13.9. The van der Waals surface area contributed by atoms with Gasteiger partial charge in [0.15, 0.2) is 5.11 Å². The summed E-state index contributed by atoms with van der Waals surface area (Å²) in [6.45, 7) is 2.10. The molecule has 0 unspecified atom stereocenters. The molecular formula is C11H14BrN3O3S2. The smallest absolute Gasteiger partial charge is 0.302 e. The Bertz CT molecular complexity index is 479. The second-order valence-corrected chi connectivity index (χ2v) is 5.70. The molecule has 0 aromatic carbocycles. The van der Waals surface area contributed by atoms with Crippen molar-refractivity contribution in [3.8, 4) is 0 Å². The summed E-state index contributed by atoms with van der Waals surface area (Å²) in [4.78, 5) is 11.5. The SMILES string of the molecule is CC(=O)OCCOCNC(=S)N/N=C/c1cc(Br)cs1. The monoisotopic (exact) mass is 379 g/mol. The third-order valence-electron chi connectivity index (χ3n) is 1.81. The molecule has 1 heterocycles. The molecule has 0 saturated carbocycles. The van der Waals surface area contributed by atoms with Gasteiger partial charge in [-0.1, -0.05) is 0 Å². The second-order valence-electron chi connectivity index (χ2n) is 3.44. The van der Waals surface area contributed by atoms with Gasteiger partial charge in [0.1, 0.15) is 13.3 Å². The van der Waals surface area contributed by atoms with E-state index in [4.69, 9.17) is 21.7 Å². The normalized spacial score (nSPS) is 10.5. The van der Waals surface area contributed by atoms with Crippen LogP contribution in [0.4, 0.5) is 0 Å². The summed E-state index contributed by atoms with van der Waals surface area (Å²) >= 11 is 9.91. The van der Waals surface area contributed by atoms with E-state index in [1.807, 2.05) is 11.4 Å². The molecule has 0 amide bonds. The van der Waals surface area contributed by atoms with Crippen LogP contribution in [0, 0.1) is 0 Å². The Morgan fingerprint density at radius 2 is 2.40 bits per heavy atom. The first-order chi connectivity index (χ1) is 9.58. The van der Waals surface area contributed by atoms with Gasteiger partial charge < -0.3 is 14.8 Å². The molecule has 0 spiro atoms. The molecule has 1 aromatic heterocycles. The maximum Gasteiger partial charge on any atom is 0.302 e. The molecule has 110 valence electrons. The number of hydrazone groups is 1. The lowest BCUT2D eigenvalue weighted by Gasteiger charge is -2.07. The average Bonchev–Trinajstić information content (AvgIpc) is 2.79. The number of rotatable bonds is 7. The number of ether oxygens (including phenoxy) is 2. The summed E-state index contributed by atoms with van der Waals surface area (Å²) in [7, 11) is 0. The summed E-state index contributed by atoms with van der Waals surface area (Å²) in [5.74, 6) is -0.326. The Labute approximate surface area is 134 Å². The molecule has 2 N–H and O–H groups in total. The second kappa shape index (κ2) is 9.81. The molecule has 0 bridgehead atoms. The number of thiophene rings is 1. The maximum absolute atomic E-state index is 10.5. The van der Waals surface area contributed by atoms with Crippen LogP contribution in [-0.2, 0) is 14.3 Å². The van der Waals surface area contributed by atoms with E-state index >= 15 is 0 Å². The predicted molar refractivity (Wildman–Crippen MR) is 85.9 cm³/mol. The number of carbonyl (C=O) groups is 1. The molecule has 0 fully saturated rings. The Hall–Kier alpha value is -1.03. The fraction of sp³-hybridized carbons (Fsp3) is 0.364. The number of carbonyl (C=O) groups excluding carboxylic acids is 1.